The number of thiocarbonyl (C=S) groups is 1. The van der Waals surface area contributed by atoms with Crippen LogP contribution in [-0.2, 0) is 9.53 Å². The number of hydrogen-bond acceptors (Lipinski definition) is 5. The summed E-state index contributed by atoms with van der Waals surface area (Å²) < 4.78 is 10.1. The fraction of sp³-hybridized carbons (Fsp3) is 0.385. The molecule has 0 aromatic heterocycles. The number of ether oxygens (including phenoxy) is 2. The Balaban J connectivity index is 2.97. The van der Waals surface area contributed by atoms with Crippen LogP contribution in [-0.4, -0.2) is 30.7 Å². The minimum absolute atomic E-state index is 0.251. The predicted octanol–water partition coefficient (Wildman–Crippen LogP) is 1.69. The lowest BCUT2D eigenvalue weighted by atomic mass is 10.1. The number of carbonyl (C=O) groups is 1. The average Bonchev–Trinajstić information content (AvgIpc) is 2.38. The second kappa shape index (κ2) is 6.94. The highest BCUT2D eigenvalue weighted by Gasteiger charge is 2.16. The Morgan fingerprint density at radius 1 is 1.53 bits per heavy atom. The van der Waals surface area contributed by atoms with E-state index in [1.165, 1.54) is 0 Å². The molecule has 1 aromatic rings. The quantitative estimate of drug-likeness (QED) is 0.611. The van der Waals surface area contributed by atoms with Crippen LogP contribution in [0.2, 0.25) is 0 Å². The first-order valence-electron chi connectivity index (χ1n) is 5.90. The van der Waals surface area contributed by atoms with Crippen molar-refractivity contribution in [3.05, 3.63) is 23.8 Å². The normalized spacial score (nSPS) is 11.5. The summed E-state index contributed by atoms with van der Waals surface area (Å²) in [6, 6.07) is 4.75. The van der Waals surface area contributed by atoms with E-state index in [9.17, 15) is 4.79 Å². The molecule has 1 unspecified atom stereocenters. The van der Waals surface area contributed by atoms with Gasteiger partial charge in [-0.3, -0.25) is 0 Å². The summed E-state index contributed by atoms with van der Waals surface area (Å²) in [5.41, 5.74) is 6.96. The van der Waals surface area contributed by atoms with Crippen molar-refractivity contribution in [2.24, 2.45) is 5.73 Å². The first kappa shape index (κ1) is 15.2. The van der Waals surface area contributed by atoms with Gasteiger partial charge in [-0.1, -0.05) is 12.2 Å². The van der Waals surface area contributed by atoms with Crippen molar-refractivity contribution >= 4 is 28.9 Å². The van der Waals surface area contributed by atoms with Crippen molar-refractivity contribution in [2.45, 2.75) is 19.9 Å². The van der Waals surface area contributed by atoms with Crippen LogP contribution in [0.3, 0.4) is 0 Å². The van der Waals surface area contributed by atoms with Crippen LogP contribution >= 0.6 is 12.2 Å². The lowest BCUT2D eigenvalue weighted by Crippen LogP contribution is -2.29. The highest BCUT2D eigenvalue weighted by Crippen LogP contribution is 2.23. The molecule has 0 amide bonds. The molecule has 1 atom stereocenters. The maximum absolute atomic E-state index is 11.6. The van der Waals surface area contributed by atoms with Gasteiger partial charge >= 0.3 is 5.97 Å². The van der Waals surface area contributed by atoms with Gasteiger partial charge in [0.1, 0.15) is 16.8 Å². The zero-order valence-corrected chi connectivity index (χ0v) is 12.0. The first-order valence-corrected chi connectivity index (χ1v) is 6.31. The minimum Gasteiger partial charge on any atom is -0.497 e. The monoisotopic (exact) mass is 282 g/mol. The molecule has 1 rings (SSSR count). The number of anilines is 1. The van der Waals surface area contributed by atoms with E-state index in [0.29, 0.717) is 23.6 Å². The van der Waals surface area contributed by atoms with Crippen molar-refractivity contribution in [3.8, 4) is 5.75 Å². The SMILES string of the molecule is CCOC(=O)C(C)Nc1cc(OC)ccc1C(N)=S. The predicted molar refractivity (Wildman–Crippen MR) is 78.6 cm³/mol. The molecule has 0 radical (unpaired) electrons. The number of esters is 1. The molecule has 19 heavy (non-hydrogen) atoms. The lowest BCUT2D eigenvalue weighted by Gasteiger charge is -2.17. The van der Waals surface area contributed by atoms with Gasteiger partial charge in [0.2, 0.25) is 0 Å². The highest BCUT2D eigenvalue weighted by molar-refractivity contribution is 7.80. The smallest absolute Gasteiger partial charge is 0.328 e. The molecule has 3 N–H and O–H groups in total. The number of hydrogen-bond donors (Lipinski definition) is 2. The van der Waals surface area contributed by atoms with Gasteiger partial charge in [-0.25, -0.2) is 4.79 Å². The molecular formula is C13H18N2O3S. The van der Waals surface area contributed by atoms with Gasteiger partial charge in [-0.2, -0.15) is 0 Å². The Morgan fingerprint density at radius 2 is 2.21 bits per heavy atom. The van der Waals surface area contributed by atoms with Crippen LogP contribution in [0.5, 0.6) is 5.75 Å². The molecule has 0 heterocycles. The van der Waals surface area contributed by atoms with Crippen LogP contribution in [0, 0.1) is 0 Å². The summed E-state index contributed by atoms with van der Waals surface area (Å²) in [6.07, 6.45) is 0. The number of methoxy groups -OCH3 is 1. The number of rotatable bonds is 6. The summed E-state index contributed by atoms with van der Waals surface area (Å²) in [5, 5.41) is 3.03. The van der Waals surface area contributed by atoms with E-state index in [1.54, 1.807) is 39.2 Å². The molecule has 0 saturated carbocycles. The Kier molecular flexibility index (Phi) is 5.57. The van der Waals surface area contributed by atoms with Crippen molar-refractivity contribution in [1.82, 2.24) is 0 Å². The van der Waals surface area contributed by atoms with Crippen molar-refractivity contribution < 1.29 is 14.3 Å². The Bertz CT molecular complexity index is 477. The van der Waals surface area contributed by atoms with E-state index in [0.717, 1.165) is 0 Å². The van der Waals surface area contributed by atoms with Crippen molar-refractivity contribution in [2.75, 3.05) is 19.0 Å². The number of carbonyl (C=O) groups excluding carboxylic acids is 1. The topological polar surface area (TPSA) is 73.6 Å². The van der Waals surface area contributed by atoms with Crippen LogP contribution < -0.4 is 15.8 Å². The third kappa shape index (κ3) is 4.10. The molecule has 0 aliphatic carbocycles. The van der Waals surface area contributed by atoms with Crippen LogP contribution in [0.1, 0.15) is 19.4 Å². The summed E-state index contributed by atoms with van der Waals surface area (Å²) in [5.74, 6) is 0.317. The molecule has 0 bridgehead atoms. The van der Waals surface area contributed by atoms with Gasteiger partial charge in [0.25, 0.3) is 0 Å². The largest absolute Gasteiger partial charge is 0.497 e. The molecule has 0 spiro atoms. The van der Waals surface area contributed by atoms with E-state index in [2.05, 4.69) is 5.32 Å². The fourth-order valence-electron chi connectivity index (χ4n) is 1.54. The molecule has 6 heteroatoms. The van der Waals surface area contributed by atoms with Crippen LogP contribution in [0.25, 0.3) is 0 Å². The second-order valence-corrected chi connectivity index (χ2v) is 4.33. The van der Waals surface area contributed by atoms with Gasteiger partial charge < -0.3 is 20.5 Å². The number of nitrogens with one attached hydrogen (secondary N) is 1. The summed E-state index contributed by atoms with van der Waals surface area (Å²) in [4.78, 5) is 11.9. The molecule has 0 saturated heterocycles. The van der Waals surface area contributed by atoms with E-state index < -0.39 is 6.04 Å². The molecular weight excluding hydrogens is 264 g/mol. The third-order valence-corrected chi connectivity index (χ3v) is 2.72. The highest BCUT2D eigenvalue weighted by atomic mass is 32.1. The fourth-order valence-corrected chi connectivity index (χ4v) is 1.72. The molecule has 0 aliphatic heterocycles. The molecule has 1 aromatic carbocycles. The average molecular weight is 282 g/mol. The zero-order chi connectivity index (χ0) is 14.4. The van der Waals surface area contributed by atoms with Crippen molar-refractivity contribution in [3.63, 3.8) is 0 Å². The maximum atomic E-state index is 11.6. The van der Waals surface area contributed by atoms with E-state index >= 15 is 0 Å². The Morgan fingerprint density at radius 3 is 2.74 bits per heavy atom. The van der Waals surface area contributed by atoms with Gasteiger partial charge in [-0.15, -0.1) is 0 Å². The van der Waals surface area contributed by atoms with Gasteiger partial charge in [0.15, 0.2) is 0 Å². The Hall–Kier alpha value is -1.82. The van der Waals surface area contributed by atoms with Crippen LogP contribution in [0.15, 0.2) is 18.2 Å². The van der Waals surface area contributed by atoms with E-state index in [1.807, 2.05) is 0 Å². The number of nitrogens with two attached hydrogens (primary N) is 1. The summed E-state index contributed by atoms with van der Waals surface area (Å²) in [7, 11) is 1.56. The van der Waals surface area contributed by atoms with Gasteiger partial charge in [0, 0.05) is 17.3 Å². The third-order valence-electron chi connectivity index (χ3n) is 2.50. The molecule has 0 aliphatic rings. The Labute approximate surface area is 118 Å². The van der Waals surface area contributed by atoms with Gasteiger partial charge in [0.05, 0.1) is 13.7 Å². The van der Waals surface area contributed by atoms with E-state index in [4.69, 9.17) is 27.4 Å². The van der Waals surface area contributed by atoms with Crippen LogP contribution in [0.4, 0.5) is 5.69 Å². The summed E-state index contributed by atoms with van der Waals surface area (Å²) >= 11 is 4.98. The first-order chi connectivity index (χ1) is 8.99. The standard InChI is InChI=1S/C13H18N2O3S/c1-4-18-13(16)8(2)15-11-7-9(17-3)5-6-10(11)12(14)19/h5-8,15H,4H2,1-3H3,(H2,14,19). The molecule has 104 valence electrons. The molecule has 0 fully saturated rings. The number of benzene rings is 1. The summed E-state index contributed by atoms with van der Waals surface area (Å²) in [6.45, 7) is 3.81. The molecule has 5 nitrogen and oxygen atoms in total. The van der Waals surface area contributed by atoms with Gasteiger partial charge in [-0.05, 0) is 26.0 Å². The zero-order valence-electron chi connectivity index (χ0n) is 11.2. The second-order valence-electron chi connectivity index (χ2n) is 3.89. The van der Waals surface area contributed by atoms with Crippen molar-refractivity contribution in [1.29, 1.82) is 0 Å². The lowest BCUT2D eigenvalue weighted by molar-refractivity contribution is -0.143. The maximum Gasteiger partial charge on any atom is 0.328 e. The van der Waals surface area contributed by atoms with E-state index in [-0.39, 0.29) is 11.0 Å². The minimum atomic E-state index is -0.500.